The molecule has 0 unspecified atom stereocenters. The molecule has 0 aliphatic heterocycles. The summed E-state index contributed by atoms with van der Waals surface area (Å²) < 4.78 is 16.5. The molecule has 0 aliphatic carbocycles. The Morgan fingerprint density at radius 3 is 2.63 bits per heavy atom. The standard InChI is InChI=1S/C23H20N4O3/c1-28-19-10-9-15(12-20(19)29-2)27(13-16-6-5-11-30-16)23-22-21(24-14-25-23)17-7-3-4-8-18(17)26-22/h3-12,14,26H,13H2,1-2H3. The highest BCUT2D eigenvalue weighted by atomic mass is 16.5. The maximum Gasteiger partial charge on any atom is 0.162 e. The van der Waals surface area contributed by atoms with Crippen LogP contribution in [0.25, 0.3) is 21.9 Å². The molecule has 5 aromatic rings. The van der Waals surface area contributed by atoms with Crippen molar-refractivity contribution in [3.8, 4) is 11.5 Å². The van der Waals surface area contributed by atoms with Gasteiger partial charge in [-0.15, -0.1) is 0 Å². The maximum absolute atomic E-state index is 5.63. The second kappa shape index (κ2) is 7.44. The molecule has 150 valence electrons. The van der Waals surface area contributed by atoms with Crippen LogP contribution in [0.15, 0.2) is 71.6 Å². The zero-order chi connectivity index (χ0) is 20.5. The van der Waals surface area contributed by atoms with Crippen LogP contribution in [-0.2, 0) is 6.54 Å². The van der Waals surface area contributed by atoms with Gasteiger partial charge in [0.25, 0.3) is 0 Å². The number of nitrogens with zero attached hydrogens (tertiary/aromatic N) is 3. The normalized spacial score (nSPS) is 11.1. The lowest BCUT2D eigenvalue weighted by Crippen LogP contribution is -2.18. The molecule has 5 rings (SSSR count). The summed E-state index contributed by atoms with van der Waals surface area (Å²) in [4.78, 5) is 14.7. The summed E-state index contributed by atoms with van der Waals surface area (Å²) in [6.07, 6.45) is 3.26. The summed E-state index contributed by atoms with van der Waals surface area (Å²) in [7, 11) is 3.25. The molecule has 0 spiro atoms. The summed E-state index contributed by atoms with van der Waals surface area (Å²) in [5.41, 5.74) is 3.64. The van der Waals surface area contributed by atoms with Gasteiger partial charge >= 0.3 is 0 Å². The quantitative estimate of drug-likeness (QED) is 0.429. The molecule has 0 saturated carbocycles. The number of para-hydroxylation sites is 1. The van der Waals surface area contributed by atoms with Gasteiger partial charge in [0.1, 0.15) is 23.1 Å². The van der Waals surface area contributed by atoms with Crippen molar-refractivity contribution in [3.63, 3.8) is 0 Å². The van der Waals surface area contributed by atoms with Gasteiger partial charge in [0.2, 0.25) is 0 Å². The molecule has 0 atom stereocenters. The van der Waals surface area contributed by atoms with Crippen molar-refractivity contribution >= 4 is 33.4 Å². The monoisotopic (exact) mass is 400 g/mol. The molecule has 3 aromatic heterocycles. The fraction of sp³-hybridized carbons (Fsp3) is 0.130. The van der Waals surface area contributed by atoms with Crippen molar-refractivity contribution in [1.82, 2.24) is 15.0 Å². The highest BCUT2D eigenvalue weighted by Crippen LogP contribution is 2.38. The summed E-state index contributed by atoms with van der Waals surface area (Å²) in [6.45, 7) is 0.490. The van der Waals surface area contributed by atoms with E-state index in [0.29, 0.717) is 18.0 Å². The van der Waals surface area contributed by atoms with Crippen LogP contribution in [0.4, 0.5) is 11.5 Å². The van der Waals surface area contributed by atoms with Crippen molar-refractivity contribution in [1.29, 1.82) is 0 Å². The van der Waals surface area contributed by atoms with Crippen molar-refractivity contribution in [2.45, 2.75) is 6.54 Å². The zero-order valence-corrected chi connectivity index (χ0v) is 16.6. The largest absolute Gasteiger partial charge is 0.493 e. The number of nitrogens with one attached hydrogen (secondary N) is 1. The molecule has 0 amide bonds. The first-order chi connectivity index (χ1) is 14.8. The van der Waals surface area contributed by atoms with Crippen LogP contribution in [0.5, 0.6) is 11.5 Å². The van der Waals surface area contributed by atoms with Gasteiger partial charge < -0.3 is 23.8 Å². The van der Waals surface area contributed by atoms with Gasteiger partial charge in [0.15, 0.2) is 17.3 Å². The van der Waals surface area contributed by atoms with E-state index < -0.39 is 0 Å². The Balaban J connectivity index is 1.71. The first-order valence-corrected chi connectivity index (χ1v) is 9.52. The Labute approximate surface area is 172 Å². The van der Waals surface area contributed by atoms with Crippen LogP contribution in [0.3, 0.4) is 0 Å². The molecule has 7 nitrogen and oxygen atoms in total. The number of aromatic amines is 1. The first kappa shape index (κ1) is 18.1. The molecule has 0 saturated heterocycles. The van der Waals surface area contributed by atoms with E-state index in [4.69, 9.17) is 13.9 Å². The van der Waals surface area contributed by atoms with E-state index in [1.807, 2.05) is 48.5 Å². The molecule has 30 heavy (non-hydrogen) atoms. The fourth-order valence-electron chi connectivity index (χ4n) is 3.67. The number of H-pyrrole nitrogens is 1. The molecular formula is C23H20N4O3. The Bertz CT molecular complexity index is 1310. The van der Waals surface area contributed by atoms with Gasteiger partial charge in [-0.2, -0.15) is 0 Å². The van der Waals surface area contributed by atoms with E-state index >= 15 is 0 Å². The van der Waals surface area contributed by atoms with Gasteiger partial charge in [-0.05, 0) is 30.3 Å². The van der Waals surface area contributed by atoms with Crippen molar-refractivity contribution in [2.24, 2.45) is 0 Å². The lowest BCUT2D eigenvalue weighted by molar-refractivity contribution is 0.355. The number of furan rings is 1. The Morgan fingerprint density at radius 2 is 1.83 bits per heavy atom. The lowest BCUT2D eigenvalue weighted by Gasteiger charge is -2.24. The van der Waals surface area contributed by atoms with Gasteiger partial charge in [-0.1, -0.05) is 18.2 Å². The molecule has 0 fully saturated rings. The van der Waals surface area contributed by atoms with Crippen LogP contribution in [-0.4, -0.2) is 29.2 Å². The molecule has 3 heterocycles. The summed E-state index contributed by atoms with van der Waals surface area (Å²) in [5.74, 6) is 2.87. The maximum atomic E-state index is 5.63. The van der Waals surface area contributed by atoms with Crippen molar-refractivity contribution in [2.75, 3.05) is 19.1 Å². The molecule has 7 heteroatoms. The average molecular weight is 400 g/mol. The zero-order valence-electron chi connectivity index (χ0n) is 16.6. The predicted molar refractivity (Wildman–Crippen MR) is 115 cm³/mol. The van der Waals surface area contributed by atoms with E-state index in [2.05, 4.69) is 25.9 Å². The number of methoxy groups -OCH3 is 2. The smallest absolute Gasteiger partial charge is 0.162 e. The van der Waals surface area contributed by atoms with E-state index in [-0.39, 0.29) is 0 Å². The molecule has 0 aliphatic rings. The minimum atomic E-state index is 0.490. The van der Waals surface area contributed by atoms with Crippen LogP contribution in [0.1, 0.15) is 5.76 Å². The predicted octanol–water partition coefficient (Wildman–Crippen LogP) is 5.06. The summed E-state index contributed by atoms with van der Waals surface area (Å²) >= 11 is 0. The number of ether oxygens (including phenoxy) is 2. The third-order valence-electron chi connectivity index (χ3n) is 5.10. The minimum Gasteiger partial charge on any atom is -0.493 e. The topological polar surface area (TPSA) is 76.4 Å². The van der Waals surface area contributed by atoms with Crippen LogP contribution < -0.4 is 14.4 Å². The van der Waals surface area contributed by atoms with E-state index in [0.717, 1.165) is 39.2 Å². The number of benzene rings is 2. The van der Waals surface area contributed by atoms with Gasteiger partial charge in [0, 0.05) is 22.7 Å². The number of hydrogen-bond acceptors (Lipinski definition) is 6. The minimum absolute atomic E-state index is 0.490. The molecule has 2 aromatic carbocycles. The fourth-order valence-corrected chi connectivity index (χ4v) is 3.67. The highest BCUT2D eigenvalue weighted by molar-refractivity contribution is 6.08. The van der Waals surface area contributed by atoms with E-state index in [1.165, 1.54) is 0 Å². The van der Waals surface area contributed by atoms with Gasteiger partial charge in [-0.25, -0.2) is 9.97 Å². The SMILES string of the molecule is COc1ccc(N(Cc2ccco2)c2ncnc3c2[nH]c2ccccc23)cc1OC. The number of rotatable bonds is 6. The van der Waals surface area contributed by atoms with E-state index in [1.54, 1.807) is 26.8 Å². The lowest BCUT2D eigenvalue weighted by atomic mass is 10.2. The summed E-state index contributed by atoms with van der Waals surface area (Å²) in [5, 5.41) is 1.06. The molecule has 1 N–H and O–H groups in total. The average Bonchev–Trinajstić information content (AvgIpc) is 3.44. The number of hydrogen-bond donors (Lipinski definition) is 1. The molecular weight excluding hydrogens is 380 g/mol. The molecule has 0 radical (unpaired) electrons. The Hall–Kier alpha value is -4.00. The van der Waals surface area contributed by atoms with Crippen molar-refractivity contribution < 1.29 is 13.9 Å². The Kier molecular flexibility index (Phi) is 4.48. The molecule has 0 bridgehead atoms. The second-order valence-corrected chi connectivity index (χ2v) is 6.80. The summed E-state index contributed by atoms with van der Waals surface area (Å²) in [6, 6.07) is 17.7. The number of aromatic nitrogens is 3. The number of fused-ring (bicyclic) bond motifs is 3. The third-order valence-corrected chi connectivity index (χ3v) is 5.10. The van der Waals surface area contributed by atoms with Crippen LogP contribution in [0.2, 0.25) is 0 Å². The van der Waals surface area contributed by atoms with E-state index in [9.17, 15) is 0 Å². The third kappa shape index (κ3) is 3.00. The van der Waals surface area contributed by atoms with Crippen LogP contribution >= 0.6 is 0 Å². The first-order valence-electron chi connectivity index (χ1n) is 9.52. The second-order valence-electron chi connectivity index (χ2n) is 6.80. The van der Waals surface area contributed by atoms with Gasteiger partial charge in [-0.3, -0.25) is 0 Å². The highest BCUT2D eigenvalue weighted by Gasteiger charge is 2.20. The van der Waals surface area contributed by atoms with Crippen molar-refractivity contribution in [3.05, 3.63) is 72.9 Å². The van der Waals surface area contributed by atoms with Crippen LogP contribution in [0, 0.1) is 0 Å². The number of anilines is 2. The van der Waals surface area contributed by atoms with Gasteiger partial charge in [0.05, 0.1) is 27.0 Å². The Morgan fingerprint density at radius 1 is 0.967 bits per heavy atom.